The molecule has 0 bridgehead atoms. The molecule has 2 fully saturated rings. The van der Waals surface area contributed by atoms with E-state index in [-0.39, 0.29) is 18.3 Å². The van der Waals surface area contributed by atoms with Gasteiger partial charge in [-0.3, -0.25) is 4.68 Å². The summed E-state index contributed by atoms with van der Waals surface area (Å²) >= 11 is 0. The minimum absolute atomic E-state index is 0.289. The van der Waals surface area contributed by atoms with Gasteiger partial charge in [-0.25, -0.2) is 0 Å². The van der Waals surface area contributed by atoms with Crippen LogP contribution in [-0.4, -0.2) is 28.1 Å². The molecule has 0 amide bonds. The molecule has 2 aliphatic rings. The third-order valence-corrected chi connectivity index (χ3v) is 4.87. The SMILES string of the molecule is CC1(C)OB(c2ccnn2C2CCCC2)OC1(C)C. The maximum Gasteiger partial charge on any atom is 0.514 e. The molecule has 3 rings (SSSR count). The molecule has 1 aromatic heterocycles. The van der Waals surface area contributed by atoms with Crippen molar-refractivity contribution in [2.45, 2.75) is 70.6 Å². The van der Waals surface area contributed by atoms with Gasteiger partial charge >= 0.3 is 7.12 Å². The first-order valence-electron chi connectivity index (χ1n) is 7.30. The molecule has 104 valence electrons. The fourth-order valence-corrected chi connectivity index (χ4v) is 2.93. The second-order valence-corrected chi connectivity index (χ2v) is 6.73. The summed E-state index contributed by atoms with van der Waals surface area (Å²) in [6.07, 6.45) is 6.89. The highest BCUT2D eigenvalue weighted by Gasteiger charge is 2.53. The van der Waals surface area contributed by atoms with E-state index in [2.05, 4.69) is 37.5 Å². The number of rotatable bonds is 2. The van der Waals surface area contributed by atoms with Gasteiger partial charge in [-0.2, -0.15) is 5.10 Å². The molecule has 0 radical (unpaired) electrons. The minimum atomic E-state index is -0.298. The summed E-state index contributed by atoms with van der Waals surface area (Å²) in [5.74, 6) is 0. The fourth-order valence-electron chi connectivity index (χ4n) is 2.93. The van der Waals surface area contributed by atoms with E-state index in [4.69, 9.17) is 9.31 Å². The lowest BCUT2D eigenvalue weighted by molar-refractivity contribution is 0.00578. The predicted octanol–water partition coefficient (Wildman–Crippen LogP) is 2.30. The van der Waals surface area contributed by atoms with Gasteiger partial charge in [0.25, 0.3) is 0 Å². The molecule has 1 saturated carbocycles. The molecule has 1 aliphatic carbocycles. The summed E-state index contributed by atoms with van der Waals surface area (Å²) in [5, 5.41) is 4.49. The van der Waals surface area contributed by atoms with Gasteiger partial charge < -0.3 is 9.31 Å². The molecular formula is C14H23BN2O2. The Morgan fingerprint density at radius 1 is 1.16 bits per heavy atom. The Hall–Kier alpha value is -0.805. The van der Waals surface area contributed by atoms with E-state index < -0.39 is 0 Å². The van der Waals surface area contributed by atoms with E-state index in [1.807, 2.05) is 12.3 Å². The lowest BCUT2D eigenvalue weighted by Crippen LogP contribution is -2.41. The van der Waals surface area contributed by atoms with Crippen LogP contribution in [0.5, 0.6) is 0 Å². The van der Waals surface area contributed by atoms with Crippen LogP contribution in [-0.2, 0) is 9.31 Å². The van der Waals surface area contributed by atoms with Crippen LogP contribution >= 0.6 is 0 Å². The van der Waals surface area contributed by atoms with Gasteiger partial charge in [-0.15, -0.1) is 0 Å². The molecule has 0 spiro atoms. The zero-order chi connectivity index (χ0) is 13.7. The van der Waals surface area contributed by atoms with Crippen molar-refractivity contribution in [2.75, 3.05) is 0 Å². The van der Waals surface area contributed by atoms with Gasteiger partial charge in [0.05, 0.1) is 22.8 Å². The quantitative estimate of drug-likeness (QED) is 0.767. The summed E-state index contributed by atoms with van der Waals surface area (Å²) in [6, 6.07) is 2.55. The van der Waals surface area contributed by atoms with Crippen molar-refractivity contribution in [3.8, 4) is 0 Å². The Labute approximate surface area is 115 Å². The molecule has 5 heteroatoms. The third kappa shape index (κ3) is 2.13. The maximum absolute atomic E-state index is 6.13. The van der Waals surface area contributed by atoms with E-state index in [1.54, 1.807) is 0 Å². The van der Waals surface area contributed by atoms with Gasteiger partial charge in [-0.05, 0) is 46.6 Å². The van der Waals surface area contributed by atoms with Crippen molar-refractivity contribution >= 4 is 12.7 Å². The van der Waals surface area contributed by atoms with Crippen LogP contribution in [0, 0.1) is 0 Å². The van der Waals surface area contributed by atoms with Crippen LogP contribution in [0.2, 0.25) is 0 Å². The average Bonchev–Trinajstić information content (AvgIpc) is 3.00. The van der Waals surface area contributed by atoms with Crippen molar-refractivity contribution in [3.63, 3.8) is 0 Å². The van der Waals surface area contributed by atoms with Gasteiger partial charge in [0.15, 0.2) is 0 Å². The lowest BCUT2D eigenvalue weighted by atomic mass is 9.84. The normalized spacial score (nSPS) is 26.2. The Balaban J connectivity index is 1.86. The second-order valence-electron chi connectivity index (χ2n) is 6.73. The molecular weight excluding hydrogens is 239 g/mol. The molecule has 2 heterocycles. The van der Waals surface area contributed by atoms with Crippen molar-refractivity contribution in [3.05, 3.63) is 12.3 Å². The first-order chi connectivity index (χ1) is 8.91. The largest absolute Gasteiger partial charge is 0.514 e. The Kier molecular flexibility index (Phi) is 3.02. The molecule has 1 saturated heterocycles. The smallest absolute Gasteiger partial charge is 0.398 e. The van der Waals surface area contributed by atoms with Gasteiger partial charge in [0, 0.05) is 6.20 Å². The van der Waals surface area contributed by atoms with E-state index in [0.29, 0.717) is 6.04 Å². The highest BCUT2D eigenvalue weighted by atomic mass is 16.7. The zero-order valence-electron chi connectivity index (χ0n) is 12.3. The zero-order valence-corrected chi connectivity index (χ0v) is 12.3. The summed E-state index contributed by atoms with van der Waals surface area (Å²) in [6.45, 7) is 8.35. The van der Waals surface area contributed by atoms with E-state index in [9.17, 15) is 0 Å². The summed E-state index contributed by atoms with van der Waals surface area (Å²) in [5.41, 5.74) is 0.482. The number of nitrogens with zero attached hydrogens (tertiary/aromatic N) is 2. The van der Waals surface area contributed by atoms with Crippen LogP contribution in [0.3, 0.4) is 0 Å². The lowest BCUT2D eigenvalue weighted by Gasteiger charge is -2.32. The Morgan fingerprint density at radius 3 is 2.32 bits per heavy atom. The monoisotopic (exact) mass is 262 g/mol. The summed E-state index contributed by atoms with van der Waals surface area (Å²) in [4.78, 5) is 0. The van der Waals surface area contributed by atoms with Crippen molar-refractivity contribution in [2.24, 2.45) is 0 Å². The van der Waals surface area contributed by atoms with Crippen molar-refractivity contribution in [1.29, 1.82) is 0 Å². The van der Waals surface area contributed by atoms with Crippen molar-refractivity contribution < 1.29 is 9.31 Å². The minimum Gasteiger partial charge on any atom is -0.398 e. The van der Waals surface area contributed by atoms with Crippen LogP contribution in [0.15, 0.2) is 12.3 Å². The molecule has 1 aliphatic heterocycles. The van der Waals surface area contributed by atoms with E-state index in [1.165, 1.54) is 25.7 Å². The van der Waals surface area contributed by atoms with Crippen LogP contribution < -0.4 is 5.59 Å². The third-order valence-electron chi connectivity index (χ3n) is 4.87. The van der Waals surface area contributed by atoms with Crippen molar-refractivity contribution in [1.82, 2.24) is 9.78 Å². The summed E-state index contributed by atoms with van der Waals surface area (Å²) < 4.78 is 14.4. The standard InChI is InChI=1S/C14H23BN2O2/c1-13(2)14(3,4)19-15(18-13)12-9-10-16-17(12)11-7-5-6-8-11/h9-11H,5-8H2,1-4H3. The topological polar surface area (TPSA) is 36.3 Å². The second kappa shape index (κ2) is 4.35. The summed E-state index contributed by atoms with van der Waals surface area (Å²) in [7, 11) is -0.298. The average molecular weight is 262 g/mol. The fraction of sp³-hybridized carbons (Fsp3) is 0.786. The van der Waals surface area contributed by atoms with Gasteiger partial charge in [-0.1, -0.05) is 12.8 Å². The Bertz CT molecular complexity index is 448. The first-order valence-corrected chi connectivity index (χ1v) is 7.30. The number of hydrogen-bond acceptors (Lipinski definition) is 3. The van der Waals surface area contributed by atoms with Gasteiger partial charge in [0.1, 0.15) is 0 Å². The molecule has 4 nitrogen and oxygen atoms in total. The molecule has 0 N–H and O–H groups in total. The van der Waals surface area contributed by atoms with Crippen LogP contribution in [0.25, 0.3) is 0 Å². The van der Waals surface area contributed by atoms with E-state index in [0.717, 1.165) is 5.59 Å². The first kappa shape index (κ1) is 13.2. The molecule has 0 aromatic carbocycles. The van der Waals surface area contributed by atoms with E-state index >= 15 is 0 Å². The molecule has 0 atom stereocenters. The predicted molar refractivity (Wildman–Crippen MR) is 75.4 cm³/mol. The highest BCUT2D eigenvalue weighted by Crippen LogP contribution is 2.37. The van der Waals surface area contributed by atoms with Crippen LogP contribution in [0.4, 0.5) is 0 Å². The van der Waals surface area contributed by atoms with Gasteiger partial charge in [0.2, 0.25) is 0 Å². The maximum atomic E-state index is 6.13. The molecule has 1 aromatic rings. The Morgan fingerprint density at radius 2 is 1.74 bits per heavy atom. The number of hydrogen-bond donors (Lipinski definition) is 0. The molecule has 0 unspecified atom stereocenters. The highest BCUT2D eigenvalue weighted by molar-refractivity contribution is 6.61. The van der Waals surface area contributed by atoms with Crippen LogP contribution in [0.1, 0.15) is 59.4 Å². The number of aromatic nitrogens is 2. The molecule has 19 heavy (non-hydrogen) atoms.